The normalized spacial score (nSPS) is 11.8. The van der Waals surface area contributed by atoms with E-state index in [9.17, 15) is 18.0 Å². The lowest BCUT2D eigenvalue weighted by atomic mass is 10.1. The Morgan fingerprint density at radius 2 is 1.62 bits per heavy atom. The third-order valence-corrected chi connectivity index (χ3v) is 7.89. The first kappa shape index (κ1) is 29.6. The van der Waals surface area contributed by atoms with Crippen molar-refractivity contribution in [2.75, 3.05) is 12.8 Å². The van der Waals surface area contributed by atoms with Crippen LogP contribution in [0, 0.1) is 0 Å². The second kappa shape index (κ2) is 11.8. The van der Waals surface area contributed by atoms with Gasteiger partial charge in [-0.2, -0.15) is 0 Å². The molecule has 0 aliphatic carbocycles. The average molecular weight is 554 g/mol. The van der Waals surface area contributed by atoms with E-state index >= 15 is 0 Å². The number of nitrogens with two attached hydrogens (primary N) is 1. The SMILES string of the molecule is CC(C)S(=O)(=O)c1ccc(-c2cnc(N)c(C(=O)NCc3ccc(CN(C)C(=O)OC(C)(C)C)cc3)n2)cc1. The number of nitrogens with one attached hydrogen (secondary N) is 1. The maximum absolute atomic E-state index is 12.9. The van der Waals surface area contributed by atoms with E-state index in [4.69, 9.17) is 10.5 Å². The number of anilines is 1. The van der Waals surface area contributed by atoms with E-state index in [1.807, 2.05) is 45.0 Å². The van der Waals surface area contributed by atoms with Crippen molar-refractivity contribution >= 4 is 27.7 Å². The van der Waals surface area contributed by atoms with E-state index < -0.39 is 32.7 Å². The minimum atomic E-state index is -3.40. The van der Waals surface area contributed by atoms with Crippen LogP contribution in [-0.4, -0.2) is 53.2 Å². The fraction of sp³-hybridized carbons (Fsp3) is 0.357. The quantitative estimate of drug-likeness (QED) is 0.422. The third kappa shape index (κ3) is 7.76. The van der Waals surface area contributed by atoms with Crippen molar-refractivity contribution in [3.63, 3.8) is 0 Å². The summed E-state index contributed by atoms with van der Waals surface area (Å²) in [7, 11) is -1.73. The molecule has 0 fully saturated rings. The molecule has 0 spiro atoms. The van der Waals surface area contributed by atoms with Crippen LogP contribution in [0.25, 0.3) is 11.3 Å². The Kier molecular flexibility index (Phi) is 8.96. The minimum absolute atomic E-state index is 0.0178. The Labute approximate surface area is 229 Å². The maximum atomic E-state index is 12.9. The van der Waals surface area contributed by atoms with Crippen LogP contribution in [0.1, 0.15) is 56.2 Å². The molecule has 10 nitrogen and oxygen atoms in total. The molecule has 0 bridgehead atoms. The summed E-state index contributed by atoms with van der Waals surface area (Å²) in [5.41, 5.74) is 8.08. The molecule has 0 aliphatic heterocycles. The molecule has 0 atom stereocenters. The molecule has 0 aliphatic rings. The van der Waals surface area contributed by atoms with Crippen molar-refractivity contribution in [1.82, 2.24) is 20.2 Å². The largest absolute Gasteiger partial charge is 0.444 e. The van der Waals surface area contributed by atoms with E-state index in [1.54, 1.807) is 33.0 Å². The molecule has 0 radical (unpaired) electrons. The highest BCUT2D eigenvalue weighted by atomic mass is 32.2. The lowest BCUT2D eigenvalue weighted by molar-refractivity contribution is 0.0285. The van der Waals surface area contributed by atoms with Crippen molar-refractivity contribution in [3.8, 4) is 11.3 Å². The highest BCUT2D eigenvalue weighted by Gasteiger charge is 2.21. The second-order valence-corrected chi connectivity index (χ2v) is 12.9. The molecule has 0 saturated heterocycles. The van der Waals surface area contributed by atoms with Crippen LogP contribution in [0.15, 0.2) is 59.6 Å². The number of nitrogens with zero attached hydrogens (tertiary/aromatic N) is 3. The molecule has 0 saturated carbocycles. The van der Waals surface area contributed by atoms with Crippen LogP contribution in [-0.2, 0) is 27.7 Å². The molecular formula is C28H35N5O5S. The number of rotatable bonds is 8. The van der Waals surface area contributed by atoms with Gasteiger partial charge in [0.05, 0.1) is 22.0 Å². The van der Waals surface area contributed by atoms with Gasteiger partial charge in [0.1, 0.15) is 5.60 Å². The Morgan fingerprint density at radius 1 is 1.03 bits per heavy atom. The van der Waals surface area contributed by atoms with Gasteiger partial charge in [-0.3, -0.25) is 4.79 Å². The lowest BCUT2D eigenvalue weighted by Crippen LogP contribution is -2.33. The number of nitrogen functional groups attached to an aromatic ring is 1. The van der Waals surface area contributed by atoms with E-state index in [0.29, 0.717) is 17.8 Å². The molecule has 1 heterocycles. The fourth-order valence-corrected chi connectivity index (χ4v) is 4.56. The Balaban J connectivity index is 1.65. The summed E-state index contributed by atoms with van der Waals surface area (Å²) in [4.78, 5) is 35.2. The monoisotopic (exact) mass is 553 g/mol. The van der Waals surface area contributed by atoms with Gasteiger partial charge in [0.15, 0.2) is 21.3 Å². The second-order valence-electron chi connectivity index (χ2n) is 10.4. The summed E-state index contributed by atoms with van der Waals surface area (Å²) in [6.07, 6.45) is 1.03. The van der Waals surface area contributed by atoms with Crippen molar-refractivity contribution in [2.24, 2.45) is 0 Å². The van der Waals surface area contributed by atoms with Gasteiger partial charge in [0.2, 0.25) is 0 Å². The predicted molar refractivity (Wildman–Crippen MR) is 150 cm³/mol. The van der Waals surface area contributed by atoms with Crippen molar-refractivity contribution in [3.05, 3.63) is 71.5 Å². The zero-order valence-corrected chi connectivity index (χ0v) is 23.9. The van der Waals surface area contributed by atoms with Gasteiger partial charge in [-0.15, -0.1) is 0 Å². The highest BCUT2D eigenvalue weighted by Crippen LogP contribution is 2.23. The summed E-state index contributed by atoms with van der Waals surface area (Å²) in [6, 6.07) is 13.7. The number of carbonyl (C=O) groups excluding carboxylic acids is 2. The Hall–Kier alpha value is -3.99. The van der Waals surface area contributed by atoms with E-state index in [0.717, 1.165) is 11.1 Å². The van der Waals surface area contributed by atoms with Gasteiger partial charge in [-0.1, -0.05) is 36.4 Å². The molecule has 2 aromatic carbocycles. The van der Waals surface area contributed by atoms with E-state index in [2.05, 4.69) is 15.3 Å². The van der Waals surface area contributed by atoms with Crippen molar-refractivity contribution in [1.29, 1.82) is 0 Å². The van der Waals surface area contributed by atoms with Gasteiger partial charge in [-0.25, -0.2) is 23.2 Å². The first-order valence-corrected chi connectivity index (χ1v) is 14.0. The standard InChI is InChI=1S/C28H35N5O5S/c1-18(2)39(36,37)22-13-11-21(12-14-22)23-16-30-25(29)24(32-23)26(34)31-15-19-7-9-20(10-8-19)17-33(6)27(35)38-28(3,4)5/h7-14,16,18H,15,17H2,1-6H3,(H2,29,30)(H,31,34). The van der Waals surface area contributed by atoms with Gasteiger partial charge in [0, 0.05) is 25.7 Å². The predicted octanol–water partition coefficient (Wildman–Crippen LogP) is 4.20. The zero-order valence-electron chi connectivity index (χ0n) is 23.1. The van der Waals surface area contributed by atoms with Crippen molar-refractivity contribution < 1.29 is 22.7 Å². The molecule has 3 N–H and O–H groups in total. The molecule has 2 amide bonds. The van der Waals surface area contributed by atoms with Gasteiger partial charge in [0.25, 0.3) is 5.91 Å². The average Bonchev–Trinajstić information content (AvgIpc) is 2.87. The van der Waals surface area contributed by atoms with Crippen LogP contribution in [0.2, 0.25) is 0 Å². The molecule has 1 aromatic heterocycles. The number of carbonyl (C=O) groups is 2. The molecular weight excluding hydrogens is 518 g/mol. The summed E-state index contributed by atoms with van der Waals surface area (Å²) in [6.45, 7) is 9.31. The summed E-state index contributed by atoms with van der Waals surface area (Å²) >= 11 is 0. The molecule has 0 unspecified atom stereocenters. The topological polar surface area (TPSA) is 145 Å². The number of hydrogen-bond donors (Lipinski definition) is 2. The molecule has 3 rings (SSSR count). The smallest absolute Gasteiger partial charge is 0.410 e. The molecule has 11 heteroatoms. The van der Waals surface area contributed by atoms with Crippen LogP contribution >= 0.6 is 0 Å². The number of amides is 2. The summed E-state index contributed by atoms with van der Waals surface area (Å²) in [5.74, 6) is -0.509. The maximum Gasteiger partial charge on any atom is 0.410 e. The van der Waals surface area contributed by atoms with Crippen LogP contribution in [0.3, 0.4) is 0 Å². The number of aromatic nitrogens is 2. The molecule has 208 valence electrons. The molecule has 39 heavy (non-hydrogen) atoms. The molecule has 3 aromatic rings. The first-order valence-electron chi connectivity index (χ1n) is 12.4. The van der Waals surface area contributed by atoms with Crippen LogP contribution in [0.4, 0.5) is 10.6 Å². The number of hydrogen-bond acceptors (Lipinski definition) is 8. The van der Waals surface area contributed by atoms with E-state index in [1.165, 1.54) is 23.2 Å². The number of ether oxygens (including phenoxy) is 1. The van der Waals surface area contributed by atoms with E-state index in [-0.39, 0.29) is 23.0 Å². The Bertz CT molecular complexity index is 1430. The van der Waals surface area contributed by atoms with Gasteiger partial charge in [-0.05, 0) is 57.9 Å². The summed E-state index contributed by atoms with van der Waals surface area (Å²) < 4.78 is 30.1. The number of sulfone groups is 1. The van der Waals surface area contributed by atoms with Crippen molar-refractivity contribution in [2.45, 2.75) is 63.5 Å². The Morgan fingerprint density at radius 3 is 2.18 bits per heavy atom. The summed E-state index contributed by atoms with van der Waals surface area (Å²) in [5, 5.41) is 2.26. The minimum Gasteiger partial charge on any atom is -0.444 e. The van der Waals surface area contributed by atoms with Crippen LogP contribution < -0.4 is 11.1 Å². The first-order chi connectivity index (χ1) is 18.2. The zero-order chi connectivity index (χ0) is 29.0. The van der Waals surface area contributed by atoms with Gasteiger partial charge < -0.3 is 20.7 Å². The highest BCUT2D eigenvalue weighted by molar-refractivity contribution is 7.92. The number of benzene rings is 2. The fourth-order valence-electron chi connectivity index (χ4n) is 3.50. The van der Waals surface area contributed by atoms with Gasteiger partial charge >= 0.3 is 6.09 Å². The van der Waals surface area contributed by atoms with Crippen LogP contribution in [0.5, 0.6) is 0 Å². The third-order valence-electron chi connectivity index (χ3n) is 5.72. The lowest BCUT2D eigenvalue weighted by Gasteiger charge is -2.24.